The first-order valence-electron chi connectivity index (χ1n) is 7.31. The Bertz CT molecular complexity index is 359. The first kappa shape index (κ1) is 14.3. The summed E-state index contributed by atoms with van der Waals surface area (Å²) in [4.78, 5) is 23.6. The maximum absolute atomic E-state index is 12.2. The molecule has 0 aromatic rings. The lowest BCUT2D eigenvalue weighted by Gasteiger charge is -2.30. The third-order valence-electron chi connectivity index (χ3n) is 4.80. The molecule has 2 rings (SSSR count). The number of hydrogen-bond acceptors (Lipinski definition) is 3. The van der Waals surface area contributed by atoms with Gasteiger partial charge in [0.2, 0.25) is 5.91 Å². The summed E-state index contributed by atoms with van der Waals surface area (Å²) in [5, 5.41) is 12.3. The molecular weight excluding hydrogens is 244 g/mol. The number of nitrogens with one attached hydrogen (secondary N) is 1. The number of rotatable bonds is 6. The zero-order chi connectivity index (χ0) is 14.0. The van der Waals surface area contributed by atoms with Gasteiger partial charge in [-0.1, -0.05) is 13.3 Å². The smallest absolute Gasteiger partial charge is 0.308 e. The van der Waals surface area contributed by atoms with Crippen molar-refractivity contribution in [2.45, 2.75) is 45.1 Å². The SMILES string of the molecule is CCCC(CN)C(=O)NC1C2CCC(C2)C1C(=O)O. The molecule has 2 aliphatic rings. The van der Waals surface area contributed by atoms with Crippen LogP contribution >= 0.6 is 0 Å². The van der Waals surface area contributed by atoms with Crippen LogP contribution in [0, 0.1) is 23.7 Å². The van der Waals surface area contributed by atoms with Crippen LogP contribution in [0.1, 0.15) is 39.0 Å². The highest BCUT2D eigenvalue weighted by atomic mass is 16.4. The molecule has 2 saturated carbocycles. The average Bonchev–Trinajstić information content (AvgIpc) is 2.96. The van der Waals surface area contributed by atoms with Gasteiger partial charge in [-0.05, 0) is 37.5 Å². The average molecular weight is 268 g/mol. The molecule has 4 N–H and O–H groups in total. The third kappa shape index (κ3) is 2.76. The van der Waals surface area contributed by atoms with Gasteiger partial charge in [-0.25, -0.2) is 0 Å². The quantitative estimate of drug-likeness (QED) is 0.669. The van der Waals surface area contributed by atoms with E-state index in [1.165, 1.54) is 0 Å². The minimum Gasteiger partial charge on any atom is -0.481 e. The van der Waals surface area contributed by atoms with Crippen molar-refractivity contribution in [3.8, 4) is 0 Å². The van der Waals surface area contributed by atoms with Gasteiger partial charge in [0.25, 0.3) is 0 Å². The summed E-state index contributed by atoms with van der Waals surface area (Å²) < 4.78 is 0. The number of nitrogens with two attached hydrogens (primary N) is 1. The second kappa shape index (κ2) is 5.90. The van der Waals surface area contributed by atoms with Gasteiger partial charge in [-0.3, -0.25) is 9.59 Å². The summed E-state index contributed by atoms with van der Waals surface area (Å²) in [6.07, 6.45) is 4.65. The van der Waals surface area contributed by atoms with E-state index in [-0.39, 0.29) is 23.8 Å². The monoisotopic (exact) mass is 268 g/mol. The fraction of sp³-hybridized carbons (Fsp3) is 0.857. The second-order valence-corrected chi connectivity index (χ2v) is 5.95. The van der Waals surface area contributed by atoms with Gasteiger partial charge >= 0.3 is 5.97 Å². The van der Waals surface area contributed by atoms with Crippen molar-refractivity contribution in [3.63, 3.8) is 0 Å². The largest absolute Gasteiger partial charge is 0.481 e. The standard InChI is InChI=1S/C14H24N2O3/c1-2-3-10(7-15)13(17)16-12-9-5-4-8(6-9)11(12)14(18)19/h8-12H,2-7,15H2,1H3,(H,16,17)(H,18,19). The van der Waals surface area contributed by atoms with Crippen LogP contribution in [0.5, 0.6) is 0 Å². The van der Waals surface area contributed by atoms with Crippen LogP contribution in [0.15, 0.2) is 0 Å². The molecule has 2 fully saturated rings. The van der Waals surface area contributed by atoms with E-state index < -0.39 is 11.9 Å². The van der Waals surface area contributed by atoms with Gasteiger partial charge in [0.15, 0.2) is 0 Å². The molecule has 19 heavy (non-hydrogen) atoms. The van der Waals surface area contributed by atoms with E-state index in [1.54, 1.807) is 0 Å². The first-order chi connectivity index (χ1) is 9.08. The van der Waals surface area contributed by atoms with Crippen LogP contribution < -0.4 is 11.1 Å². The maximum Gasteiger partial charge on any atom is 0.308 e. The topological polar surface area (TPSA) is 92.4 Å². The molecular formula is C14H24N2O3. The number of carbonyl (C=O) groups excluding carboxylic acids is 1. The van der Waals surface area contributed by atoms with Crippen LogP contribution in [0.3, 0.4) is 0 Å². The number of amides is 1. The lowest BCUT2D eigenvalue weighted by Crippen LogP contribution is -2.49. The van der Waals surface area contributed by atoms with E-state index in [2.05, 4.69) is 5.32 Å². The van der Waals surface area contributed by atoms with Crippen LogP contribution in [0.4, 0.5) is 0 Å². The van der Waals surface area contributed by atoms with Crippen molar-refractivity contribution >= 4 is 11.9 Å². The Morgan fingerprint density at radius 2 is 2.05 bits per heavy atom. The Balaban J connectivity index is 2.01. The first-order valence-corrected chi connectivity index (χ1v) is 7.31. The van der Waals surface area contributed by atoms with Crippen molar-refractivity contribution in [1.82, 2.24) is 5.32 Å². The van der Waals surface area contributed by atoms with Gasteiger partial charge < -0.3 is 16.2 Å². The highest BCUT2D eigenvalue weighted by Gasteiger charge is 2.51. The fourth-order valence-corrected chi connectivity index (χ4v) is 3.84. The molecule has 1 amide bonds. The number of aliphatic carboxylic acids is 1. The van der Waals surface area contributed by atoms with Gasteiger partial charge in [0, 0.05) is 12.6 Å². The van der Waals surface area contributed by atoms with Crippen molar-refractivity contribution in [2.24, 2.45) is 29.4 Å². The second-order valence-electron chi connectivity index (χ2n) is 5.95. The molecule has 5 unspecified atom stereocenters. The van der Waals surface area contributed by atoms with Gasteiger partial charge in [-0.2, -0.15) is 0 Å². The number of carboxylic acids is 1. The summed E-state index contributed by atoms with van der Waals surface area (Å²) in [7, 11) is 0. The zero-order valence-electron chi connectivity index (χ0n) is 11.5. The predicted octanol–water partition coefficient (Wildman–Crippen LogP) is 0.977. The highest BCUT2D eigenvalue weighted by Crippen LogP contribution is 2.48. The van der Waals surface area contributed by atoms with Gasteiger partial charge in [0.05, 0.1) is 11.8 Å². The highest BCUT2D eigenvalue weighted by molar-refractivity contribution is 5.81. The Labute approximate surface area is 113 Å². The van der Waals surface area contributed by atoms with Gasteiger partial charge in [0.1, 0.15) is 0 Å². The van der Waals surface area contributed by atoms with Crippen molar-refractivity contribution in [1.29, 1.82) is 0 Å². The predicted molar refractivity (Wildman–Crippen MR) is 71.3 cm³/mol. The summed E-state index contributed by atoms with van der Waals surface area (Å²) in [6, 6.07) is -0.186. The lowest BCUT2D eigenvalue weighted by atomic mass is 9.84. The van der Waals surface area contributed by atoms with Crippen LogP contribution in [-0.2, 0) is 9.59 Å². The van der Waals surface area contributed by atoms with Crippen LogP contribution in [0.25, 0.3) is 0 Å². The summed E-state index contributed by atoms with van der Waals surface area (Å²) in [6.45, 7) is 2.35. The number of carbonyl (C=O) groups is 2. The van der Waals surface area contributed by atoms with Crippen LogP contribution in [-0.4, -0.2) is 29.6 Å². The Kier molecular flexibility index (Phi) is 4.45. The van der Waals surface area contributed by atoms with Crippen molar-refractivity contribution < 1.29 is 14.7 Å². The summed E-state index contributed by atoms with van der Waals surface area (Å²) in [5.41, 5.74) is 5.63. The Morgan fingerprint density at radius 3 is 2.63 bits per heavy atom. The minimum absolute atomic E-state index is 0.0619. The van der Waals surface area contributed by atoms with Crippen molar-refractivity contribution in [3.05, 3.63) is 0 Å². The van der Waals surface area contributed by atoms with E-state index in [1.807, 2.05) is 6.92 Å². The molecule has 5 heteroatoms. The van der Waals surface area contributed by atoms with Gasteiger partial charge in [-0.15, -0.1) is 0 Å². The van der Waals surface area contributed by atoms with E-state index in [4.69, 9.17) is 5.73 Å². The zero-order valence-corrected chi connectivity index (χ0v) is 11.5. The molecule has 108 valence electrons. The lowest BCUT2D eigenvalue weighted by molar-refractivity contribution is -0.145. The summed E-state index contributed by atoms with van der Waals surface area (Å²) >= 11 is 0. The van der Waals surface area contributed by atoms with E-state index >= 15 is 0 Å². The molecule has 2 aliphatic carbocycles. The number of hydrogen-bond donors (Lipinski definition) is 3. The molecule has 0 aliphatic heterocycles. The normalized spacial score (nSPS) is 34.2. The molecule has 0 radical (unpaired) electrons. The number of fused-ring (bicyclic) bond motifs is 2. The molecule has 5 nitrogen and oxygen atoms in total. The molecule has 0 saturated heterocycles. The fourth-order valence-electron chi connectivity index (χ4n) is 3.84. The maximum atomic E-state index is 12.2. The Morgan fingerprint density at radius 1 is 1.37 bits per heavy atom. The van der Waals surface area contributed by atoms with E-state index in [0.29, 0.717) is 12.5 Å². The number of carboxylic acid groups (broad SMARTS) is 1. The molecule has 0 aromatic heterocycles. The van der Waals surface area contributed by atoms with Crippen molar-refractivity contribution in [2.75, 3.05) is 6.54 Å². The minimum atomic E-state index is -0.766. The molecule has 2 bridgehead atoms. The van der Waals surface area contributed by atoms with E-state index in [0.717, 1.165) is 32.1 Å². The Hall–Kier alpha value is -1.10. The van der Waals surface area contributed by atoms with Crippen LogP contribution in [0.2, 0.25) is 0 Å². The molecule has 5 atom stereocenters. The summed E-state index contributed by atoms with van der Waals surface area (Å²) in [5.74, 6) is -0.822. The van der Waals surface area contributed by atoms with E-state index in [9.17, 15) is 14.7 Å². The third-order valence-corrected chi connectivity index (χ3v) is 4.80. The molecule has 0 aromatic carbocycles. The molecule has 0 heterocycles. The molecule has 0 spiro atoms.